The third-order valence-corrected chi connectivity index (χ3v) is 7.02. The van der Waals surface area contributed by atoms with Gasteiger partial charge in [-0.1, -0.05) is 81.4 Å². The Morgan fingerprint density at radius 2 is 1.70 bits per heavy atom. The van der Waals surface area contributed by atoms with Crippen LogP contribution in [0.5, 0.6) is 5.75 Å². The quantitative estimate of drug-likeness (QED) is 0.276. The third kappa shape index (κ3) is 8.19. The Hall–Kier alpha value is -3.12. The summed E-state index contributed by atoms with van der Waals surface area (Å²) in [7, 11) is 0. The highest BCUT2D eigenvalue weighted by atomic mass is 79.9. The standard InChI is InChI=1S/C31H37BrN2O3/c1-5-17-33-31(36)28(18-24-12-7-6-8-13-24)34(20-26-14-10-9-11-23(26)4)30(35)21-37-29-16-15-25(22(2)3)19-27(29)32/h6-16,19,22,28H,5,17-18,20-21H2,1-4H3,(H,33,36)/t28-/m1/s1. The molecule has 3 aromatic rings. The average Bonchev–Trinajstić information content (AvgIpc) is 2.89. The highest BCUT2D eigenvalue weighted by Gasteiger charge is 2.31. The lowest BCUT2D eigenvalue weighted by Crippen LogP contribution is -2.51. The van der Waals surface area contributed by atoms with E-state index in [0.717, 1.165) is 27.6 Å². The van der Waals surface area contributed by atoms with E-state index in [4.69, 9.17) is 4.74 Å². The van der Waals surface area contributed by atoms with Crippen LogP contribution in [0.15, 0.2) is 77.3 Å². The van der Waals surface area contributed by atoms with Crippen molar-refractivity contribution < 1.29 is 14.3 Å². The van der Waals surface area contributed by atoms with Crippen molar-refractivity contribution in [1.82, 2.24) is 10.2 Å². The summed E-state index contributed by atoms with van der Waals surface area (Å²) in [6.45, 7) is 9.00. The van der Waals surface area contributed by atoms with Gasteiger partial charge in [0.15, 0.2) is 6.61 Å². The fourth-order valence-corrected chi connectivity index (χ4v) is 4.62. The van der Waals surface area contributed by atoms with Crippen LogP contribution in [0.25, 0.3) is 0 Å². The lowest BCUT2D eigenvalue weighted by atomic mass is 10.0. The minimum Gasteiger partial charge on any atom is -0.483 e. The summed E-state index contributed by atoms with van der Waals surface area (Å²) < 4.78 is 6.78. The summed E-state index contributed by atoms with van der Waals surface area (Å²) in [5.41, 5.74) is 4.25. The summed E-state index contributed by atoms with van der Waals surface area (Å²) in [4.78, 5) is 28.8. The SMILES string of the molecule is CCCNC(=O)[C@@H](Cc1ccccc1)N(Cc1ccccc1C)C(=O)COc1ccc(C(C)C)cc1Br. The molecule has 0 aliphatic heterocycles. The zero-order valence-corrected chi connectivity index (χ0v) is 23.8. The van der Waals surface area contributed by atoms with Gasteiger partial charge in [0, 0.05) is 19.5 Å². The van der Waals surface area contributed by atoms with E-state index in [-0.39, 0.29) is 18.4 Å². The van der Waals surface area contributed by atoms with Crippen molar-refractivity contribution >= 4 is 27.7 Å². The van der Waals surface area contributed by atoms with Crippen LogP contribution in [0.4, 0.5) is 0 Å². The molecule has 0 saturated heterocycles. The molecule has 6 heteroatoms. The molecular weight excluding hydrogens is 528 g/mol. The summed E-state index contributed by atoms with van der Waals surface area (Å²) in [5, 5.41) is 3.01. The number of nitrogens with one attached hydrogen (secondary N) is 1. The zero-order valence-electron chi connectivity index (χ0n) is 22.2. The van der Waals surface area contributed by atoms with Gasteiger partial charge < -0.3 is 15.0 Å². The first kappa shape index (κ1) is 28.5. The molecule has 0 radical (unpaired) electrons. The minimum absolute atomic E-state index is 0.157. The topological polar surface area (TPSA) is 58.6 Å². The predicted octanol–water partition coefficient (Wildman–Crippen LogP) is 6.43. The van der Waals surface area contributed by atoms with Gasteiger partial charge in [-0.25, -0.2) is 0 Å². The number of aryl methyl sites for hydroxylation is 1. The number of nitrogens with zero attached hydrogens (tertiary/aromatic N) is 1. The molecule has 0 bridgehead atoms. The summed E-state index contributed by atoms with van der Waals surface area (Å²) >= 11 is 3.58. The van der Waals surface area contributed by atoms with Crippen molar-refractivity contribution in [3.05, 3.63) is 99.5 Å². The van der Waals surface area contributed by atoms with Gasteiger partial charge >= 0.3 is 0 Å². The molecule has 3 rings (SSSR count). The van der Waals surface area contributed by atoms with E-state index in [1.54, 1.807) is 4.90 Å². The number of benzene rings is 3. The van der Waals surface area contributed by atoms with E-state index in [1.807, 2.05) is 86.6 Å². The Kier molecular flexibility index (Phi) is 10.8. The summed E-state index contributed by atoms with van der Waals surface area (Å²) in [6.07, 6.45) is 1.24. The monoisotopic (exact) mass is 564 g/mol. The second-order valence-electron chi connectivity index (χ2n) is 9.58. The fraction of sp³-hybridized carbons (Fsp3) is 0.355. The van der Waals surface area contributed by atoms with Crippen LogP contribution in [0.2, 0.25) is 0 Å². The summed E-state index contributed by atoms with van der Waals surface area (Å²) in [6, 6.07) is 23.0. The number of halogens is 1. The Bertz CT molecular complexity index is 1180. The van der Waals surface area contributed by atoms with Crippen molar-refractivity contribution in [2.45, 2.75) is 59.0 Å². The van der Waals surface area contributed by atoms with E-state index in [0.29, 0.717) is 31.2 Å². The normalized spacial score (nSPS) is 11.7. The minimum atomic E-state index is -0.670. The van der Waals surface area contributed by atoms with Crippen LogP contribution >= 0.6 is 15.9 Å². The molecule has 0 aromatic heterocycles. The smallest absolute Gasteiger partial charge is 0.261 e. The Balaban J connectivity index is 1.90. The first-order valence-electron chi connectivity index (χ1n) is 12.9. The van der Waals surface area contributed by atoms with Gasteiger partial charge in [0.05, 0.1) is 4.47 Å². The number of rotatable bonds is 12. The van der Waals surface area contributed by atoms with Crippen molar-refractivity contribution in [3.63, 3.8) is 0 Å². The van der Waals surface area contributed by atoms with Crippen LogP contribution < -0.4 is 10.1 Å². The molecular formula is C31H37BrN2O3. The van der Waals surface area contributed by atoms with Crippen molar-refractivity contribution in [2.24, 2.45) is 0 Å². The lowest BCUT2D eigenvalue weighted by molar-refractivity contribution is -0.142. The van der Waals surface area contributed by atoms with E-state index >= 15 is 0 Å². The Morgan fingerprint density at radius 3 is 2.35 bits per heavy atom. The number of carbonyl (C=O) groups is 2. The Morgan fingerprint density at radius 1 is 1.00 bits per heavy atom. The molecule has 0 fully saturated rings. The molecule has 0 aliphatic rings. The first-order chi connectivity index (χ1) is 17.8. The molecule has 0 aliphatic carbocycles. The largest absolute Gasteiger partial charge is 0.483 e. The summed E-state index contributed by atoms with van der Waals surface area (Å²) in [5.74, 6) is 0.589. The lowest BCUT2D eigenvalue weighted by Gasteiger charge is -2.32. The molecule has 0 saturated carbocycles. The van der Waals surface area contributed by atoms with E-state index in [9.17, 15) is 9.59 Å². The number of carbonyl (C=O) groups excluding carboxylic acids is 2. The van der Waals surface area contributed by atoms with E-state index in [2.05, 4.69) is 35.1 Å². The molecule has 0 heterocycles. The maximum Gasteiger partial charge on any atom is 0.261 e. The predicted molar refractivity (Wildman–Crippen MR) is 153 cm³/mol. The van der Waals surface area contributed by atoms with E-state index in [1.165, 1.54) is 5.56 Å². The molecule has 0 spiro atoms. The average molecular weight is 566 g/mol. The fourth-order valence-electron chi connectivity index (χ4n) is 4.11. The maximum atomic E-state index is 13.7. The van der Waals surface area contributed by atoms with Crippen LogP contribution in [0.3, 0.4) is 0 Å². The highest BCUT2D eigenvalue weighted by molar-refractivity contribution is 9.10. The Labute approximate surface area is 229 Å². The van der Waals surface area contributed by atoms with Gasteiger partial charge in [-0.15, -0.1) is 0 Å². The van der Waals surface area contributed by atoms with Gasteiger partial charge in [0.1, 0.15) is 11.8 Å². The van der Waals surface area contributed by atoms with E-state index < -0.39 is 6.04 Å². The van der Waals surface area contributed by atoms with Crippen LogP contribution in [-0.2, 0) is 22.6 Å². The number of hydrogen-bond donors (Lipinski definition) is 1. The second kappa shape index (κ2) is 14.0. The van der Waals surface area contributed by atoms with Gasteiger partial charge in [-0.3, -0.25) is 9.59 Å². The van der Waals surface area contributed by atoms with Crippen molar-refractivity contribution in [3.8, 4) is 5.75 Å². The third-order valence-electron chi connectivity index (χ3n) is 6.40. The maximum absolute atomic E-state index is 13.7. The number of amides is 2. The molecule has 196 valence electrons. The van der Waals surface area contributed by atoms with Crippen molar-refractivity contribution in [2.75, 3.05) is 13.2 Å². The van der Waals surface area contributed by atoms with Crippen molar-refractivity contribution in [1.29, 1.82) is 0 Å². The molecule has 5 nitrogen and oxygen atoms in total. The molecule has 2 amide bonds. The molecule has 1 N–H and O–H groups in total. The van der Waals surface area contributed by atoms with Gasteiger partial charge in [0.25, 0.3) is 5.91 Å². The molecule has 37 heavy (non-hydrogen) atoms. The van der Waals surface area contributed by atoms with Crippen LogP contribution in [-0.4, -0.2) is 35.9 Å². The molecule has 1 atom stereocenters. The molecule has 3 aromatic carbocycles. The number of hydrogen-bond acceptors (Lipinski definition) is 3. The van der Waals surface area contributed by atoms with Crippen LogP contribution in [0, 0.1) is 6.92 Å². The first-order valence-corrected chi connectivity index (χ1v) is 13.7. The van der Waals surface area contributed by atoms with Crippen LogP contribution in [0.1, 0.15) is 55.4 Å². The van der Waals surface area contributed by atoms with Gasteiger partial charge in [-0.05, 0) is 69.6 Å². The zero-order chi connectivity index (χ0) is 26.8. The number of ether oxygens (including phenoxy) is 1. The van der Waals surface area contributed by atoms with Gasteiger partial charge in [0.2, 0.25) is 5.91 Å². The van der Waals surface area contributed by atoms with Gasteiger partial charge in [-0.2, -0.15) is 0 Å². The molecule has 0 unspecified atom stereocenters. The second-order valence-corrected chi connectivity index (χ2v) is 10.4. The highest BCUT2D eigenvalue weighted by Crippen LogP contribution is 2.29.